The first kappa shape index (κ1) is 26.7. The Labute approximate surface area is 207 Å². The maximum absolute atomic E-state index is 13.0. The molecule has 3 rings (SSSR count). The van der Waals surface area contributed by atoms with Crippen LogP contribution in [0.5, 0.6) is 5.75 Å². The fourth-order valence-electron chi connectivity index (χ4n) is 3.54. The Balaban J connectivity index is 1.55. The van der Waals surface area contributed by atoms with E-state index >= 15 is 0 Å². The molecule has 1 aromatic heterocycles. The molecular formula is C24H27N3O8S. The number of sulfone groups is 1. The third-order valence-electron chi connectivity index (χ3n) is 5.38. The lowest BCUT2D eigenvalue weighted by atomic mass is 10.2. The number of ether oxygens (including phenoxy) is 1. The van der Waals surface area contributed by atoms with Gasteiger partial charge in [0.05, 0.1) is 12.9 Å². The second kappa shape index (κ2) is 12.2. The summed E-state index contributed by atoms with van der Waals surface area (Å²) in [6.07, 6.45) is -0.510. The fraction of sp³-hybridized carbons (Fsp3) is 0.333. The number of methoxy groups -OCH3 is 1. The molecule has 3 N–H and O–H groups in total. The number of rotatable bonds is 13. The van der Waals surface area contributed by atoms with Gasteiger partial charge in [0.1, 0.15) is 11.3 Å². The molecule has 12 heteroatoms. The Morgan fingerprint density at radius 1 is 1.06 bits per heavy atom. The number of para-hydroxylation sites is 3. The highest BCUT2D eigenvalue weighted by Crippen LogP contribution is 2.22. The highest BCUT2D eigenvalue weighted by molar-refractivity contribution is 7.92. The van der Waals surface area contributed by atoms with E-state index in [2.05, 4.69) is 10.3 Å². The van der Waals surface area contributed by atoms with Gasteiger partial charge in [-0.2, -0.15) is 0 Å². The van der Waals surface area contributed by atoms with Crippen LogP contribution in [0.1, 0.15) is 35.5 Å². The summed E-state index contributed by atoms with van der Waals surface area (Å²) in [7, 11) is -2.70. The number of hydrogen-bond donors (Lipinski definition) is 3. The SMILES string of the molecule is COc1ccccc1CS(=O)(=O)C(CNC(=O)O)C(=O)NCCCCC(=O)c1nc2ccccc2o1. The lowest BCUT2D eigenvalue weighted by Crippen LogP contribution is -2.47. The number of benzene rings is 2. The van der Waals surface area contributed by atoms with Gasteiger partial charge in [0.2, 0.25) is 11.7 Å². The van der Waals surface area contributed by atoms with Crippen LogP contribution in [0, 0.1) is 0 Å². The van der Waals surface area contributed by atoms with Gasteiger partial charge >= 0.3 is 6.09 Å². The Kier molecular flexibility index (Phi) is 9.01. The van der Waals surface area contributed by atoms with Gasteiger partial charge < -0.3 is 24.9 Å². The normalized spacial score (nSPS) is 12.1. The van der Waals surface area contributed by atoms with Crippen molar-refractivity contribution in [2.24, 2.45) is 0 Å². The summed E-state index contributed by atoms with van der Waals surface area (Å²) in [4.78, 5) is 40.1. The molecular weight excluding hydrogens is 490 g/mol. The number of amides is 2. The lowest BCUT2D eigenvalue weighted by Gasteiger charge is -2.18. The van der Waals surface area contributed by atoms with Crippen LogP contribution >= 0.6 is 0 Å². The van der Waals surface area contributed by atoms with Crippen molar-refractivity contribution in [2.75, 3.05) is 20.2 Å². The van der Waals surface area contributed by atoms with Crippen LogP contribution in [0.3, 0.4) is 0 Å². The third-order valence-corrected chi connectivity index (χ3v) is 7.34. The van der Waals surface area contributed by atoms with Crippen molar-refractivity contribution in [1.29, 1.82) is 0 Å². The van der Waals surface area contributed by atoms with Gasteiger partial charge in [-0.1, -0.05) is 30.3 Å². The molecule has 1 atom stereocenters. The molecule has 1 unspecified atom stereocenters. The minimum Gasteiger partial charge on any atom is -0.496 e. The molecule has 192 valence electrons. The molecule has 0 spiro atoms. The number of unbranched alkanes of at least 4 members (excludes halogenated alkanes) is 1. The number of Topliss-reactive ketones (excluding diaryl/α,β-unsaturated/α-hetero) is 1. The van der Waals surface area contributed by atoms with E-state index in [1.165, 1.54) is 7.11 Å². The van der Waals surface area contributed by atoms with E-state index < -0.39 is 39.4 Å². The van der Waals surface area contributed by atoms with Gasteiger partial charge in [-0.25, -0.2) is 18.2 Å². The summed E-state index contributed by atoms with van der Waals surface area (Å²) in [5.41, 5.74) is 1.46. The average molecular weight is 518 g/mol. The zero-order chi connectivity index (χ0) is 26.1. The Hall–Kier alpha value is -3.93. The molecule has 1 heterocycles. The molecule has 0 bridgehead atoms. The first-order valence-corrected chi connectivity index (χ1v) is 12.9. The second-order valence-corrected chi connectivity index (χ2v) is 10.1. The van der Waals surface area contributed by atoms with Gasteiger partial charge in [-0.3, -0.25) is 9.59 Å². The molecule has 0 saturated carbocycles. The molecule has 0 aliphatic carbocycles. The Bertz CT molecular complexity index is 1300. The summed E-state index contributed by atoms with van der Waals surface area (Å²) >= 11 is 0. The minimum atomic E-state index is -4.10. The van der Waals surface area contributed by atoms with E-state index in [1.807, 2.05) is 5.32 Å². The molecule has 0 fully saturated rings. The van der Waals surface area contributed by atoms with Crippen molar-refractivity contribution < 1.29 is 37.1 Å². The van der Waals surface area contributed by atoms with Gasteiger partial charge in [0, 0.05) is 25.1 Å². The summed E-state index contributed by atoms with van der Waals surface area (Å²) in [6.45, 7) is -0.498. The lowest BCUT2D eigenvalue weighted by molar-refractivity contribution is -0.120. The van der Waals surface area contributed by atoms with E-state index in [4.69, 9.17) is 14.3 Å². The quantitative estimate of drug-likeness (QED) is 0.228. The first-order chi connectivity index (χ1) is 17.2. The van der Waals surface area contributed by atoms with E-state index in [9.17, 15) is 22.8 Å². The van der Waals surface area contributed by atoms with E-state index in [-0.39, 0.29) is 24.6 Å². The van der Waals surface area contributed by atoms with E-state index in [0.717, 1.165) is 0 Å². The molecule has 0 saturated heterocycles. The molecule has 36 heavy (non-hydrogen) atoms. The van der Waals surface area contributed by atoms with Gasteiger partial charge in [0.15, 0.2) is 20.7 Å². The van der Waals surface area contributed by atoms with E-state index in [1.54, 1.807) is 48.5 Å². The number of carbonyl (C=O) groups is 3. The summed E-state index contributed by atoms with van der Waals surface area (Å²) in [5.74, 6) is -1.25. The van der Waals surface area contributed by atoms with Crippen LogP contribution in [-0.4, -0.2) is 61.7 Å². The van der Waals surface area contributed by atoms with Crippen molar-refractivity contribution in [3.05, 3.63) is 60.0 Å². The smallest absolute Gasteiger partial charge is 0.404 e. The fourth-order valence-corrected chi connectivity index (χ4v) is 5.16. The number of aromatic nitrogens is 1. The molecule has 0 aliphatic heterocycles. The number of fused-ring (bicyclic) bond motifs is 1. The average Bonchev–Trinajstić information content (AvgIpc) is 3.28. The zero-order valence-electron chi connectivity index (χ0n) is 19.6. The Morgan fingerprint density at radius 2 is 1.78 bits per heavy atom. The van der Waals surface area contributed by atoms with Crippen LogP contribution < -0.4 is 15.4 Å². The van der Waals surface area contributed by atoms with Crippen molar-refractivity contribution >= 4 is 38.7 Å². The summed E-state index contributed by atoms with van der Waals surface area (Å²) in [6, 6.07) is 13.5. The first-order valence-electron chi connectivity index (χ1n) is 11.2. The maximum atomic E-state index is 13.0. The maximum Gasteiger partial charge on any atom is 0.404 e. The van der Waals surface area contributed by atoms with Crippen molar-refractivity contribution in [3.8, 4) is 5.75 Å². The van der Waals surface area contributed by atoms with Gasteiger partial charge in [-0.15, -0.1) is 0 Å². The van der Waals surface area contributed by atoms with E-state index in [0.29, 0.717) is 35.3 Å². The zero-order valence-corrected chi connectivity index (χ0v) is 20.4. The Morgan fingerprint density at radius 3 is 2.50 bits per heavy atom. The van der Waals surface area contributed by atoms with Gasteiger partial charge in [0.25, 0.3) is 5.89 Å². The largest absolute Gasteiger partial charge is 0.496 e. The van der Waals surface area contributed by atoms with Crippen molar-refractivity contribution in [2.45, 2.75) is 30.3 Å². The molecule has 3 aromatic rings. The minimum absolute atomic E-state index is 0.0162. The van der Waals surface area contributed by atoms with Crippen LogP contribution in [-0.2, 0) is 20.4 Å². The monoisotopic (exact) mass is 517 g/mol. The summed E-state index contributed by atoms with van der Waals surface area (Å²) < 4.78 is 36.7. The van der Waals surface area contributed by atoms with Crippen LogP contribution in [0.25, 0.3) is 11.1 Å². The molecule has 2 amide bonds. The standard InChI is InChI=1S/C24H27N3O8S/c1-34-19-11-4-2-8-16(19)15-36(32,33)21(14-26-24(30)31)22(29)25-13-7-6-10-18(28)23-27-17-9-3-5-12-20(17)35-23/h2-5,8-9,11-12,21,26H,6-7,10,13-15H2,1H3,(H,25,29)(H,30,31). The predicted molar refractivity (Wildman–Crippen MR) is 131 cm³/mol. The molecule has 0 radical (unpaired) electrons. The van der Waals surface area contributed by atoms with Crippen LogP contribution in [0.4, 0.5) is 4.79 Å². The van der Waals surface area contributed by atoms with Crippen LogP contribution in [0.2, 0.25) is 0 Å². The van der Waals surface area contributed by atoms with Crippen molar-refractivity contribution in [3.63, 3.8) is 0 Å². The number of hydrogen-bond acceptors (Lipinski definition) is 8. The third kappa shape index (κ3) is 7.04. The van der Waals surface area contributed by atoms with Gasteiger partial charge in [-0.05, 0) is 31.0 Å². The highest BCUT2D eigenvalue weighted by Gasteiger charge is 2.33. The number of nitrogens with zero attached hydrogens (tertiary/aromatic N) is 1. The number of oxazole rings is 1. The second-order valence-electron chi connectivity index (χ2n) is 7.95. The topological polar surface area (TPSA) is 165 Å². The molecule has 2 aromatic carbocycles. The van der Waals surface area contributed by atoms with Crippen LogP contribution in [0.15, 0.2) is 52.9 Å². The molecule has 0 aliphatic rings. The molecule has 11 nitrogen and oxygen atoms in total. The number of nitrogens with one attached hydrogen (secondary N) is 2. The highest BCUT2D eigenvalue weighted by atomic mass is 32.2. The number of carboxylic acid groups (broad SMARTS) is 1. The predicted octanol–water partition coefficient (Wildman–Crippen LogP) is 2.56. The summed E-state index contributed by atoms with van der Waals surface area (Å²) in [5, 5.41) is 11.8. The number of ketones is 1. The van der Waals surface area contributed by atoms with Crippen molar-refractivity contribution in [1.82, 2.24) is 15.6 Å². The number of carbonyl (C=O) groups excluding carboxylic acids is 2.